The maximum atomic E-state index is 12.3. The fourth-order valence-electron chi connectivity index (χ4n) is 2.86. The van der Waals surface area contributed by atoms with Gasteiger partial charge in [0.1, 0.15) is 18.9 Å². The lowest BCUT2D eigenvalue weighted by atomic mass is 10.0. The second-order valence-corrected chi connectivity index (χ2v) is 6.22. The molecule has 0 aromatic heterocycles. The number of hydrogen-bond acceptors (Lipinski definition) is 7. The van der Waals surface area contributed by atoms with Crippen LogP contribution in [-0.2, 0) is 19.1 Å². The summed E-state index contributed by atoms with van der Waals surface area (Å²) in [6, 6.07) is 5.51. The van der Waals surface area contributed by atoms with Gasteiger partial charge < -0.3 is 30.2 Å². The summed E-state index contributed by atoms with van der Waals surface area (Å²) in [6.45, 7) is 2.88. The molecule has 3 amide bonds. The molecule has 3 N–H and O–H groups in total. The van der Waals surface area contributed by atoms with E-state index in [1.807, 2.05) is 0 Å². The minimum atomic E-state index is -0.741. The van der Waals surface area contributed by atoms with Crippen LogP contribution < -0.4 is 20.7 Å². The van der Waals surface area contributed by atoms with E-state index < -0.39 is 36.5 Å². The molecule has 0 fully saturated rings. The molecule has 162 valence electrons. The normalized spacial score (nSPS) is 15.6. The minimum absolute atomic E-state index is 0.147. The van der Waals surface area contributed by atoms with Crippen LogP contribution in [-0.4, -0.2) is 56.8 Å². The predicted octanol–water partition coefficient (Wildman–Crippen LogP) is 0.877. The van der Waals surface area contributed by atoms with Crippen molar-refractivity contribution in [2.75, 3.05) is 26.9 Å². The number of nitrogens with one attached hydrogen (secondary N) is 3. The summed E-state index contributed by atoms with van der Waals surface area (Å²) in [5.41, 5.74) is 0.620. The van der Waals surface area contributed by atoms with Crippen molar-refractivity contribution in [1.82, 2.24) is 16.0 Å². The lowest BCUT2D eigenvalue weighted by Gasteiger charge is -2.28. The number of hydrogen-bond donors (Lipinski definition) is 3. The topological polar surface area (TPSA) is 132 Å². The Bertz CT molecular complexity index is 851. The second-order valence-electron chi connectivity index (χ2n) is 6.22. The molecule has 1 heterocycles. The van der Waals surface area contributed by atoms with Crippen molar-refractivity contribution in [3.05, 3.63) is 41.1 Å². The number of carbonyl (C=O) groups is 4. The van der Waals surface area contributed by atoms with Crippen LogP contribution in [0.2, 0.25) is 0 Å². The predicted molar refractivity (Wildman–Crippen MR) is 106 cm³/mol. The molecule has 0 saturated heterocycles. The summed E-state index contributed by atoms with van der Waals surface area (Å²) in [7, 11) is 1.44. The Hall–Kier alpha value is -3.56. The molecule has 10 heteroatoms. The Labute approximate surface area is 173 Å². The Balaban J connectivity index is 2.01. The van der Waals surface area contributed by atoms with Crippen molar-refractivity contribution >= 4 is 23.9 Å². The Morgan fingerprint density at radius 1 is 1.13 bits per heavy atom. The van der Waals surface area contributed by atoms with Gasteiger partial charge in [-0.25, -0.2) is 9.59 Å². The van der Waals surface area contributed by atoms with E-state index in [4.69, 9.17) is 14.2 Å². The fourth-order valence-corrected chi connectivity index (χ4v) is 2.86. The molecular weight excluding hydrogens is 394 g/mol. The molecule has 0 aliphatic carbocycles. The van der Waals surface area contributed by atoms with E-state index in [1.54, 1.807) is 38.1 Å². The molecule has 1 atom stereocenters. The molecule has 30 heavy (non-hydrogen) atoms. The number of benzene rings is 1. The van der Waals surface area contributed by atoms with Gasteiger partial charge in [0, 0.05) is 0 Å². The van der Waals surface area contributed by atoms with Crippen molar-refractivity contribution in [2.24, 2.45) is 0 Å². The van der Waals surface area contributed by atoms with Gasteiger partial charge in [-0.3, -0.25) is 9.59 Å². The van der Waals surface area contributed by atoms with Gasteiger partial charge in [0.25, 0.3) is 5.91 Å². The minimum Gasteiger partial charge on any atom is -0.496 e. The van der Waals surface area contributed by atoms with E-state index in [1.165, 1.54) is 7.11 Å². The zero-order valence-electron chi connectivity index (χ0n) is 17.1. The number of amides is 3. The first-order valence-corrected chi connectivity index (χ1v) is 9.45. The molecule has 0 unspecified atom stereocenters. The van der Waals surface area contributed by atoms with Crippen LogP contribution in [0.1, 0.15) is 30.6 Å². The van der Waals surface area contributed by atoms with Gasteiger partial charge >= 0.3 is 18.0 Å². The Morgan fingerprint density at radius 3 is 2.53 bits per heavy atom. The molecule has 0 spiro atoms. The third kappa shape index (κ3) is 5.72. The fraction of sp³-hybridized carbons (Fsp3) is 0.400. The number of urea groups is 1. The van der Waals surface area contributed by atoms with Crippen LogP contribution in [0.25, 0.3) is 0 Å². The zero-order valence-corrected chi connectivity index (χ0v) is 17.1. The smallest absolute Gasteiger partial charge is 0.338 e. The third-order valence-electron chi connectivity index (χ3n) is 4.27. The van der Waals surface area contributed by atoms with Crippen molar-refractivity contribution in [3.8, 4) is 5.75 Å². The molecule has 0 bridgehead atoms. The Morgan fingerprint density at radius 2 is 1.87 bits per heavy atom. The van der Waals surface area contributed by atoms with Crippen molar-refractivity contribution < 1.29 is 33.4 Å². The monoisotopic (exact) mass is 419 g/mol. The average Bonchev–Trinajstić information content (AvgIpc) is 2.75. The quantitative estimate of drug-likeness (QED) is 0.506. The van der Waals surface area contributed by atoms with Crippen LogP contribution in [0.5, 0.6) is 5.75 Å². The van der Waals surface area contributed by atoms with E-state index in [-0.39, 0.29) is 30.0 Å². The van der Waals surface area contributed by atoms with Crippen LogP contribution >= 0.6 is 0 Å². The van der Waals surface area contributed by atoms with Gasteiger partial charge in [-0.15, -0.1) is 0 Å². The van der Waals surface area contributed by atoms with E-state index in [9.17, 15) is 19.2 Å². The van der Waals surface area contributed by atoms with Gasteiger partial charge in [0.05, 0.1) is 36.6 Å². The number of methoxy groups -OCH3 is 1. The van der Waals surface area contributed by atoms with E-state index in [2.05, 4.69) is 16.0 Å². The van der Waals surface area contributed by atoms with Crippen molar-refractivity contribution in [2.45, 2.75) is 26.3 Å². The summed E-state index contributed by atoms with van der Waals surface area (Å²) in [5.74, 6) is -1.48. The molecule has 1 aromatic rings. The maximum absolute atomic E-state index is 12.3. The van der Waals surface area contributed by atoms with Crippen molar-refractivity contribution in [3.63, 3.8) is 0 Å². The van der Waals surface area contributed by atoms with Crippen molar-refractivity contribution in [1.29, 1.82) is 0 Å². The zero-order chi connectivity index (χ0) is 22.1. The van der Waals surface area contributed by atoms with Crippen LogP contribution in [0.4, 0.5) is 4.79 Å². The first kappa shape index (κ1) is 22.7. The largest absolute Gasteiger partial charge is 0.496 e. The van der Waals surface area contributed by atoms with Crippen LogP contribution in [0, 0.1) is 0 Å². The summed E-state index contributed by atoms with van der Waals surface area (Å²) >= 11 is 0. The molecule has 1 aliphatic heterocycles. The standard InChI is InChI=1S/C20H25N3O7/c1-4-13-17(19(26)29-5-2)14(23-20(27)22-13)11-30-16(24)10-21-18(25)12-8-6-7-9-15(12)28-3/h6-9,13H,4-5,10-11H2,1-3H3,(H,21,25)(H2,22,23,27)/t13-/m1/s1. The molecule has 0 radical (unpaired) electrons. The van der Waals surface area contributed by atoms with Gasteiger partial charge in [-0.05, 0) is 25.5 Å². The lowest BCUT2D eigenvalue weighted by molar-refractivity contribution is -0.142. The molecular formula is C20H25N3O7. The number of ether oxygens (including phenoxy) is 3. The highest BCUT2D eigenvalue weighted by Gasteiger charge is 2.32. The van der Waals surface area contributed by atoms with Crippen LogP contribution in [0.15, 0.2) is 35.5 Å². The summed E-state index contributed by atoms with van der Waals surface area (Å²) in [6.07, 6.45) is 0.452. The molecule has 1 aliphatic rings. The average molecular weight is 419 g/mol. The first-order chi connectivity index (χ1) is 14.4. The highest BCUT2D eigenvalue weighted by molar-refractivity contribution is 5.98. The Kier molecular flexibility index (Phi) is 8.21. The SMILES string of the molecule is CCOC(=O)C1=C(COC(=O)CNC(=O)c2ccccc2OC)NC(=O)N[C@@H]1CC. The molecule has 0 saturated carbocycles. The van der Waals surface area contributed by atoms with Gasteiger partial charge in [-0.2, -0.15) is 0 Å². The number of esters is 2. The number of para-hydroxylation sites is 1. The first-order valence-electron chi connectivity index (χ1n) is 9.45. The van der Waals surface area contributed by atoms with E-state index in [0.717, 1.165) is 0 Å². The maximum Gasteiger partial charge on any atom is 0.338 e. The van der Waals surface area contributed by atoms with Crippen LogP contribution in [0.3, 0.4) is 0 Å². The molecule has 10 nitrogen and oxygen atoms in total. The number of rotatable bonds is 9. The molecule has 1 aromatic carbocycles. The van der Waals surface area contributed by atoms with E-state index >= 15 is 0 Å². The second kappa shape index (κ2) is 10.8. The highest BCUT2D eigenvalue weighted by atomic mass is 16.5. The van der Waals surface area contributed by atoms with Gasteiger partial charge in [0.15, 0.2) is 0 Å². The lowest BCUT2D eigenvalue weighted by Crippen LogP contribution is -2.51. The van der Waals surface area contributed by atoms with Gasteiger partial charge in [-0.1, -0.05) is 19.1 Å². The highest BCUT2D eigenvalue weighted by Crippen LogP contribution is 2.18. The number of carbonyl (C=O) groups excluding carboxylic acids is 4. The van der Waals surface area contributed by atoms with Gasteiger partial charge in [0.2, 0.25) is 0 Å². The van der Waals surface area contributed by atoms with E-state index in [0.29, 0.717) is 12.2 Å². The summed E-state index contributed by atoms with van der Waals surface area (Å²) < 4.78 is 15.3. The summed E-state index contributed by atoms with van der Waals surface area (Å²) in [4.78, 5) is 48.4. The third-order valence-corrected chi connectivity index (χ3v) is 4.27. The summed E-state index contributed by atoms with van der Waals surface area (Å²) in [5, 5.41) is 7.55. The molecule has 2 rings (SSSR count).